The van der Waals surface area contributed by atoms with Crippen molar-refractivity contribution in [2.24, 2.45) is 5.41 Å². The molecule has 1 aromatic carbocycles. The Kier molecular flexibility index (Phi) is 15.7. The lowest BCUT2D eigenvalue weighted by Gasteiger charge is -2.32. The zero-order chi connectivity index (χ0) is 38.7. The second kappa shape index (κ2) is 18.1. The van der Waals surface area contributed by atoms with Gasteiger partial charge in [-0.2, -0.15) is 43.9 Å². The topological polar surface area (TPSA) is 83.1 Å². The van der Waals surface area contributed by atoms with Gasteiger partial charge in [-0.3, -0.25) is 4.79 Å². The fourth-order valence-electron chi connectivity index (χ4n) is 4.75. The van der Waals surface area contributed by atoms with E-state index in [0.29, 0.717) is 43.4 Å². The summed E-state index contributed by atoms with van der Waals surface area (Å²) >= 11 is 0. The number of hydrogen-bond donors (Lipinski definition) is 1. The Morgan fingerprint density at radius 2 is 1.27 bits per heavy atom. The number of carbonyl (C=O) groups excluding carboxylic acids is 2. The Bertz CT molecular complexity index is 1240. The predicted octanol–water partition coefficient (Wildman–Crippen LogP) is 9.19. The molecule has 1 saturated carbocycles. The third-order valence-electron chi connectivity index (χ3n) is 8.60. The van der Waals surface area contributed by atoms with Crippen LogP contribution in [-0.4, -0.2) is 73.8 Å². The van der Waals surface area contributed by atoms with E-state index < -0.39 is 67.4 Å². The summed E-state index contributed by atoms with van der Waals surface area (Å²) in [6.45, 7) is 4.17. The summed E-state index contributed by atoms with van der Waals surface area (Å²) in [6, 6.07) is 6.35. The van der Waals surface area contributed by atoms with E-state index >= 15 is 0 Å². The van der Waals surface area contributed by atoms with Gasteiger partial charge in [-0.05, 0) is 69.2 Å². The van der Waals surface area contributed by atoms with E-state index in [1.807, 2.05) is 20.8 Å². The van der Waals surface area contributed by atoms with Crippen LogP contribution in [0.3, 0.4) is 0 Å². The van der Waals surface area contributed by atoms with Crippen molar-refractivity contribution in [2.45, 2.75) is 128 Å². The molecule has 0 saturated heterocycles. The molecule has 1 aromatic rings. The van der Waals surface area contributed by atoms with Crippen LogP contribution in [0, 0.1) is 5.41 Å². The molecule has 1 aliphatic carbocycles. The lowest BCUT2D eigenvalue weighted by atomic mass is 9.87. The van der Waals surface area contributed by atoms with Gasteiger partial charge >= 0.3 is 30.2 Å². The van der Waals surface area contributed by atoms with Gasteiger partial charge in [-0.25, -0.2) is 4.79 Å². The number of ether oxygens (including phenoxy) is 4. The molecule has 292 valence electrons. The van der Waals surface area contributed by atoms with Crippen molar-refractivity contribution in [3.8, 4) is 5.75 Å². The van der Waals surface area contributed by atoms with Crippen LogP contribution >= 0.6 is 0 Å². The van der Waals surface area contributed by atoms with Gasteiger partial charge in [-0.15, -0.1) is 0 Å². The van der Waals surface area contributed by atoms with E-state index in [9.17, 15) is 53.5 Å². The molecule has 1 N–H and O–H groups in total. The highest BCUT2D eigenvalue weighted by Crippen LogP contribution is 2.40. The second-order valence-electron chi connectivity index (χ2n) is 13.2. The van der Waals surface area contributed by atoms with Gasteiger partial charge < -0.3 is 24.3 Å². The van der Waals surface area contributed by atoms with Gasteiger partial charge in [0.1, 0.15) is 11.9 Å². The zero-order valence-electron chi connectivity index (χ0n) is 28.8. The molecule has 0 atom stereocenters. The highest BCUT2D eigenvalue weighted by Gasteiger charge is 2.58. The molecule has 0 spiro atoms. The van der Waals surface area contributed by atoms with E-state index in [-0.39, 0.29) is 37.5 Å². The maximum absolute atomic E-state index is 13.3. The molecule has 1 aliphatic rings. The number of hydrogen-bond acceptors (Lipinski definition) is 6. The molecule has 17 heteroatoms. The standard InChI is InChI=1S/C34H45F10NO6/c1-5-29(2,3)28(47)45-24-10-14-26(15-11-24)51-27(46)16-9-23-7-12-25(13-8-23)48-20-6-17-30(4,49-21-18-31(35,36)33(39,40)41)50-22-19-32(37,38)34(42,43)44/h7-9,12-13,16,24,26H,5-6,10-11,14-15,17-22H2,1-4H3,(H,45,47)/b16-9+/t24-,26-. The van der Waals surface area contributed by atoms with Gasteiger partial charge in [0.05, 0.1) is 19.8 Å². The van der Waals surface area contributed by atoms with Crippen molar-refractivity contribution in [1.82, 2.24) is 5.32 Å². The first-order valence-electron chi connectivity index (χ1n) is 16.5. The van der Waals surface area contributed by atoms with Crippen LogP contribution < -0.4 is 10.1 Å². The van der Waals surface area contributed by atoms with E-state index in [1.54, 1.807) is 24.3 Å². The first kappa shape index (κ1) is 44.1. The smallest absolute Gasteiger partial charge is 0.453 e. The van der Waals surface area contributed by atoms with Crippen LogP contribution in [0.2, 0.25) is 0 Å². The summed E-state index contributed by atoms with van der Waals surface area (Å²) in [5.74, 6) is -12.6. The average molecular weight is 754 g/mol. The summed E-state index contributed by atoms with van der Waals surface area (Å²) in [5, 5.41) is 3.07. The van der Waals surface area contributed by atoms with Gasteiger partial charge in [0, 0.05) is 36.8 Å². The zero-order valence-corrected chi connectivity index (χ0v) is 28.8. The van der Waals surface area contributed by atoms with Crippen molar-refractivity contribution in [3.63, 3.8) is 0 Å². The highest BCUT2D eigenvalue weighted by atomic mass is 19.4. The molecule has 7 nitrogen and oxygen atoms in total. The summed E-state index contributed by atoms with van der Waals surface area (Å²) < 4.78 is 149. The van der Waals surface area contributed by atoms with Crippen LogP contribution in [0.25, 0.3) is 6.08 Å². The molecule has 0 unspecified atom stereocenters. The number of halogens is 10. The number of esters is 1. The maximum Gasteiger partial charge on any atom is 0.453 e. The predicted molar refractivity (Wildman–Crippen MR) is 166 cm³/mol. The van der Waals surface area contributed by atoms with Crippen LogP contribution in [0.4, 0.5) is 43.9 Å². The summed E-state index contributed by atoms with van der Waals surface area (Å²) in [5.41, 5.74) is 0.161. The van der Waals surface area contributed by atoms with Crippen molar-refractivity contribution < 1.29 is 72.4 Å². The number of carbonyl (C=O) groups is 2. The first-order chi connectivity index (χ1) is 23.4. The highest BCUT2D eigenvalue weighted by molar-refractivity contribution is 5.87. The maximum atomic E-state index is 13.3. The van der Waals surface area contributed by atoms with Crippen molar-refractivity contribution in [1.29, 1.82) is 0 Å². The monoisotopic (exact) mass is 753 g/mol. The molecule has 0 radical (unpaired) electrons. The first-order valence-corrected chi connectivity index (χ1v) is 16.5. The fraction of sp³-hybridized carbons (Fsp3) is 0.706. The van der Waals surface area contributed by atoms with Crippen LogP contribution in [0.5, 0.6) is 5.75 Å². The van der Waals surface area contributed by atoms with Gasteiger partial charge in [-0.1, -0.05) is 32.9 Å². The molecule has 51 heavy (non-hydrogen) atoms. The van der Waals surface area contributed by atoms with Gasteiger partial charge in [0.25, 0.3) is 0 Å². The molecule has 0 aliphatic heterocycles. The lowest BCUT2D eigenvalue weighted by Crippen LogP contribution is -2.45. The molecule has 0 heterocycles. The number of nitrogens with one attached hydrogen (secondary N) is 1. The minimum Gasteiger partial charge on any atom is -0.494 e. The normalized spacial score (nSPS) is 18.2. The Balaban J connectivity index is 1.84. The molecular weight excluding hydrogens is 708 g/mol. The molecule has 1 fully saturated rings. The Morgan fingerprint density at radius 3 is 1.75 bits per heavy atom. The molecule has 0 aromatic heterocycles. The van der Waals surface area contributed by atoms with Crippen LogP contribution in [0.1, 0.15) is 91.0 Å². The molecular formula is C34H45F10NO6. The van der Waals surface area contributed by atoms with Crippen molar-refractivity contribution in [3.05, 3.63) is 35.9 Å². The number of amides is 1. The largest absolute Gasteiger partial charge is 0.494 e. The average Bonchev–Trinajstić information content (AvgIpc) is 3.02. The Labute approximate surface area is 290 Å². The fourth-order valence-corrected chi connectivity index (χ4v) is 4.75. The van der Waals surface area contributed by atoms with E-state index in [1.165, 1.54) is 12.2 Å². The second-order valence-corrected chi connectivity index (χ2v) is 13.2. The third kappa shape index (κ3) is 14.5. The molecule has 0 bridgehead atoms. The minimum atomic E-state index is -5.88. The summed E-state index contributed by atoms with van der Waals surface area (Å²) in [7, 11) is 0. The Morgan fingerprint density at radius 1 is 0.765 bits per heavy atom. The summed E-state index contributed by atoms with van der Waals surface area (Å²) in [4.78, 5) is 24.8. The minimum absolute atomic E-state index is 0.00161. The number of alkyl halides is 10. The Hall–Kier alpha value is -3.08. The lowest BCUT2D eigenvalue weighted by molar-refractivity contribution is -0.305. The third-order valence-corrected chi connectivity index (χ3v) is 8.60. The van der Waals surface area contributed by atoms with E-state index in [0.717, 1.165) is 6.92 Å². The van der Waals surface area contributed by atoms with Gasteiger partial charge in [0.15, 0.2) is 5.79 Å². The number of rotatable bonds is 19. The molecule has 1 amide bonds. The van der Waals surface area contributed by atoms with E-state index in [4.69, 9.17) is 18.9 Å². The summed E-state index contributed by atoms with van der Waals surface area (Å²) in [6.07, 6.45) is -9.92. The van der Waals surface area contributed by atoms with Crippen molar-refractivity contribution in [2.75, 3.05) is 19.8 Å². The van der Waals surface area contributed by atoms with Crippen LogP contribution in [0.15, 0.2) is 30.3 Å². The number of benzene rings is 1. The van der Waals surface area contributed by atoms with E-state index in [2.05, 4.69) is 5.32 Å². The van der Waals surface area contributed by atoms with Gasteiger partial charge in [0.2, 0.25) is 5.91 Å². The molecule has 2 rings (SSSR count). The van der Waals surface area contributed by atoms with Crippen LogP contribution in [-0.2, 0) is 23.8 Å². The quantitative estimate of drug-likeness (QED) is 0.0499. The SMILES string of the molecule is CCC(C)(C)C(=O)N[C@H]1CC[C@H](OC(=O)/C=C/c2ccc(OCCCC(C)(OCCC(F)(F)C(F)(F)F)OCCC(F)(F)C(F)(F)F)cc2)CC1. The van der Waals surface area contributed by atoms with Crippen molar-refractivity contribution >= 4 is 18.0 Å².